The SMILES string of the molecule is C=C.CCCc1nc(C2CC2)c(CBr)c(-c2ccc(F)cc2Cl)c1COC. The predicted octanol–water partition coefficient (Wildman–Crippen LogP) is 7.21. The monoisotopic (exact) mass is 453 g/mol. The predicted molar refractivity (Wildman–Crippen MR) is 115 cm³/mol. The number of methoxy groups -OCH3 is 1. The summed E-state index contributed by atoms with van der Waals surface area (Å²) in [6.45, 7) is 8.62. The molecule has 1 saturated carbocycles. The van der Waals surface area contributed by atoms with E-state index in [0.29, 0.717) is 22.9 Å². The molecular formula is C22H26BrClFNO. The van der Waals surface area contributed by atoms with Gasteiger partial charge in [0.1, 0.15) is 5.82 Å². The summed E-state index contributed by atoms with van der Waals surface area (Å²) in [4.78, 5) is 5.02. The minimum absolute atomic E-state index is 0.326. The van der Waals surface area contributed by atoms with Crippen molar-refractivity contribution in [3.63, 3.8) is 0 Å². The highest BCUT2D eigenvalue weighted by atomic mass is 79.9. The maximum absolute atomic E-state index is 13.6. The Balaban J connectivity index is 0.00000126. The standard InChI is InChI=1S/C20H22BrClFNO.C2H4/c1-3-4-18-16(11-25-2)19(14-8-7-13(23)9-17(14)22)15(10-21)20(24-18)12-5-6-12;1-2/h7-9,12H,3-6,10-11H2,1-2H3;1-2H2. The van der Waals surface area contributed by atoms with Crippen LogP contribution in [0.25, 0.3) is 11.1 Å². The van der Waals surface area contributed by atoms with Crippen molar-refractivity contribution < 1.29 is 9.13 Å². The van der Waals surface area contributed by atoms with Crippen LogP contribution < -0.4 is 0 Å². The smallest absolute Gasteiger partial charge is 0.124 e. The van der Waals surface area contributed by atoms with Gasteiger partial charge in [0.05, 0.1) is 11.6 Å². The molecule has 0 aliphatic heterocycles. The third-order valence-electron chi connectivity index (χ3n) is 4.59. The van der Waals surface area contributed by atoms with Crippen LogP contribution >= 0.6 is 27.5 Å². The van der Waals surface area contributed by atoms with Gasteiger partial charge < -0.3 is 4.74 Å². The van der Waals surface area contributed by atoms with Crippen molar-refractivity contribution in [2.24, 2.45) is 0 Å². The highest BCUT2D eigenvalue weighted by Crippen LogP contribution is 2.46. The minimum atomic E-state index is -0.326. The fraction of sp³-hybridized carbons (Fsp3) is 0.409. The van der Waals surface area contributed by atoms with Crippen LogP contribution in [0, 0.1) is 5.82 Å². The van der Waals surface area contributed by atoms with Gasteiger partial charge in [-0.05, 0) is 48.6 Å². The average molecular weight is 455 g/mol. The number of benzene rings is 1. The molecule has 0 spiro atoms. The third-order valence-corrected chi connectivity index (χ3v) is 5.46. The molecule has 1 heterocycles. The summed E-state index contributed by atoms with van der Waals surface area (Å²) >= 11 is 10.1. The molecule has 27 heavy (non-hydrogen) atoms. The molecule has 1 aliphatic carbocycles. The molecule has 0 atom stereocenters. The summed E-state index contributed by atoms with van der Waals surface area (Å²) in [6, 6.07) is 4.61. The van der Waals surface area contributed by atoms with Gasteiger partial charge in [0.25, 0.3) is 0 Å². The van der Waals surface area contributed by atoms with Gasteiger partial charge in [0.2, 0.25) is 0 Å². The zero-order valence-electron chi connectivity index (χ0n) is 16.0. The second-order valence-corrected chi connectivity index (χ2v) is 7.46. The first-order valence-electron chi connectivity index (χ1n) is 9.15. The van der Waals surface area contributed by atoms with E-state index in [-0.39, 0.29) is 5.82 Å². The lowest BCUT2D eigenvalue weighted by atomic mass is 9.91. The molecule has 0 saturated heterocycles. The Morgan fingerprint density at radius 2 is 2.00 bits per heavy atom. The Bertz CT molecular complexity index is 792. The molecule has 0 radical (unpaired) electrons. The summed E-state index contributed by atoms with van der Waals surface area (Å²) in [5.74, 6) is 0.199. The number of hydrogen-bond donors (Lipinski definition) is 0. The van der Waals surface area contributed by atoms with E-state index >= 15 is 0 Å². The Labute approximate surface area is 174 Å². The lowest BCUT2D eigenvalue weighted by molar-refractivity contribution is 0.184. The van der Waals surface area contributed by atoms with Gasteiger partial charge in [-0.2, -0.15) is 0 Å². The zero-order valence-corrected chi connectivity index (χ0v) is 18.3. The van der Waals surface area contributed by atoms with Crippen molar-refractivity contribution >= 4 is 27.5 Å². The van der Waals surface area contributed by atoms with E-state index in [1.54, 1.807) is 13.2 Å². The van der Waals surface area contributed by atoms with E-state index in [4.69, 9.17) is 21.3 Å². The van der Waals surface area contributed by atoms with Crippen molar-refractivity contribution in [1.82, 2.24) is 4.98 Å². The number of pyridine rings is 1. The molecule has 1 aromatic carbocycles. The molecule has 1 aliphatic rings. The Morgan fingerprint density at radius 1 is 1.30 bits per heavy atom. The number of nitrogens with zero attached hydrogens (tertiary/aromatic N) is 1. The van der Waals surface area contributed by atoms with E-state index < -0.39 is 0 Å². The van der Waals surface area contributed by atoms with Gasteiger partial charge in [0.15, 0.2) is 0 Å². The van der Waals surface area contributed by atoms with Crippen molar-refractivity contribution in [2.75, 3.05) is 7.11 Å². The number of alkyl halides is 1. The quantitative estimate of drug-likeness (QED) is 0.325. The Morgan fingerprint density at radius 3 is 2.52 bits per heavy atom. The van der Waals surface area contributed by atoms with Crippen LogP contribution in [0.5, 0.6) is 0 Å². The van der Waals surface area contributed by atoms with E-state index in [1.165, 1.54) is 25.0 Å². The minimum Gasteiger partial charge on any atom is -0.380 e. The van der Waals surface area contributed by atoms with Gasteiger partial charge in [-0.1, -0.05) is 40.9 Å². The second kappa shape index (κ2) is 10.4. The van der Waals surface area contributed by atoms with Gasteiger partial charge in [-0.25, -0.2) is 4.39 Å². The van der Waals surface area contributed by atoms with Crippen LogP contribution in [0.3, 0.4) is 0 Å². The highest BCUT2D eigenvalue weighted by Gasteiger charge is 2.31. The first kappa shape index (κ1) is 22.1. The molecule has 2 nitrogen and oxygen atoms in total. The van der Waals surface area contributed by atoms with E-state index in [2.05, 4.69) is 36.0 Å². The highest BCUT2D eigenvalue weighted by molar-refractivity contribution is 9.08. The van der Waals surface area contributed by atoms with Gasteiger partial charge in [0, 0.05) is 40.9 Å². The van der Waals surface area contributed by atoms with Crippen molar-refractivity contribution in [1.29, 1.82) is 0 Å². The van der Waals surface area contributed by atoms with Crippen LogP contribution in [0.15, 0.2) is 31.4 Å². The number of ether oxygens (including phenoxy) is 1. The second-order valence-electron chi connectivity index (χ2n) is 6.49. The maximum atomic E-state index is 13.6. The topological polar surface area (TPSA) is 22.1 Å². The van der Waals surface area contributed by atoms with Gasteiger partial charge >= 0.3 is 0 Å². The number of rotatable bonds is 7. The molecule has 1 fully saturated rings. The molecular weight excluding hydrogens is 429 g/mol. The molecule has 0 bridgehead atoms. The summed E-state index contributed by atoms with van der Waals surface area (Å²) in [5.41, 5.74) is 6.37. The molecule has 0 unspecified atom stereocenters. The maximum Gasteiger partial charge on any atom is 0.124 e. The summed E-state index contributed by atoms with van der Waals surface area (Å²) in [7, 11) is 1.69. The van der Waals surface area contributed by atoms with E-state index in [0.717, 1.165) is 46.5 Å². The lowest BCUT2D eigenvalue weighted by Gasteiger charge is -2.21. The van der Waals surface area contributed by atoms with Crippen molar-refractivity contribution in [3.8, 4) is 11.1 Å². The van der Waals surface area contributed by atoms with E-state index in [1.807, 2.05) is 0 Å². The number of halogens is 3. The van der Waals surface area contributed by atoms with E-state index in [9.17, 15) is 4.39 Å². The molecule has 3 rings (SSSR count). The summed E-state index contributed by atoms with van der Waals surface area (Å²) in [5, 5.41) is 1.12. The Kier molecular flexibility index (Phi) is 8.46. The van der Waals surface area contributed by atoms with Crippen LogP contribution in [-0.4, -0.2) is 12.1 Å². The average Bonchev–Trinajstić information content (AvgIpc) is 3.50. The molecule has 5 heteroatoms. The van der Waals surface area contributed by atoms with Crippen LogP contribution in [0.2, 0.25) is 5.02 Å². The van der Waals surface area contributed by atoms with Gasteiger partial charge in [-0.15, -0.1) is 13.2 Å². The molecule has 2 aromatic rings. The normalized spacial score (nSPS) is 13.2. The molecule has 0 amide bonds. The molecule has 1 aromatic heterocycles. The summed E-state index contributed by atoms with van der Waals surface area (Å²) < 4.78 is 19.1. The fourth-order valence-electron chi connectivity index (χ4n) is 3.33. The Hall–Kier alpha value is -1.23. The van der Waals surface area contributed by atoms with Gasteiger partial charge in [-0.3, -0.25) is 4.98 Å². The summed E-state index contributed by atoms with van der Waals surface area (Å²) in [6.07, 6.45) is 4.27. The van der Waals surface area contributed by atoms with Crippen molar-refractivity contribution in [2.45, 2.75) is 50.5 Å². The first-order chi connectivity index (χ1) is 13.1. The van der Waals surface area contributed by atoms with Crippen LogP contribution in [-0.2, 0) is 23.1 Å². The largest absolute Gasteiger partial charge is 0.380 e. The number of aryl methyl sites for hydroxylation is 1. The molecule has 146 valence electrons. The van der Waals surface area contributed by atoms with Crippen molar-refractivity contribution in [3.05, 3.63) is 64.7 Å². The van der Waals surface area contributed by atoms with Crippen LogP contribution in [0.1, 0.15) is 54.6 Å². The third kappa shape index (κ3) is 4.98. The zero-order chi connectivity index (χ0) is 20.0. The fourth-order valence-corrected chi connectivity index (χ4v) is 4.15. The lowest BCUT2D eigenvalue weighted by Crippen LogP contribution is -2.10. The molecule has 0 N–H and O–H groups in total. The number of hydrogen-bond acceptors (Lipinski definition) is 2. The number of aromatic nitrogens is 1. The van der Waals surface area contributed by atoms with Crippen LogP contribution in [0.4, 0.5) is 4.39 Å². The first-order valence-corrected chi connectivity index (χ1v) is 10.6.